The van der Waals surface area contributed by atoms with Crippen LogP contribution < -0.4 is 4.74 Å². The van der Waals surface area contributed by atoms with Gasteiger partial charge in [-0.05, 0) is 30.3 Å². The summed E-state index contributed by atoms with van der Waals surface area (Å²) in [6.07, 6.45) is 6.58. The van der Waals surface area contributed by atoms with E-state index in [4.69, 9.17) is 30.8 Å². The number of carbonyl (C=O) groups is 1. The number of rotatable bonds is 6. The van der Waals surface area contributed by atoms with Gasteiger partial charge in [0.25, 0.3) is 0 Å². The van der Waals surface area contributed by atoms with Crippen molar-refractivity contribution in [3.63, 3.8) is 0 Å². The number of hydrogen-bond donors (Lipinski definition) is 0. The van der Waals surface area contributed by atoms with Gasteiger partial charge >= 0.3 is 5.97 Å². The van der Waals surface area contributed by atoms with Gasteiger partial charge in [0.15, 0.2) is 5.65 Å². The van der Waals surface area contributed by atoms with Crippen LogP contribution in [0.15, 0.2) is 65.7 Å². The molecular formula is C21H14ClN3O4. The quantitative estimate of drug-likeness (QED) is 0.440. The fraction of sp³-hybridized carbons (Fsp3) is 0.0952. The highest BCUT2D eigenvalue weighted by molar-refractivity contribution is 6.33. The summed E-state index contributed by atoms with van der Waals surface area (Å²) < 4.78 is 18.1. The summed E-state index contributed by atoms with van der Waals surface area (Å²) in [4.78, 5) is 16.6. The molecule has 0 saturated heterocycles. The number of nitriles is 1. The van der Waals surface area contributed by atoms with Gasteiger partial charge in [0.05, 0.1) is 22.9 Å². The topological polar surface area (TPSA) is 89.8 Å². The molecule has 0 aliphatic carbocycles. The van der Waals surface area contributed by atoms with E-state index < -0.39 is 5.97 Å². The van der Waals surface area contributed by atoms with Gasteiger partial charge < -0.3 is 18.3 Å². The Morgan fingerprint density at radius 2 is 2.17 bits per heavy atom. The Hall–Kier alpha value is -3.76. The summed E-state index contributed by atoms with van der Waals surface area (Å²) in [6, 6.07) is 12.1. The van der Waals surface area contributed by atoms with E-state index >= 15 is 0 Å². The predicted octanol–water partition coefficient (Wildman–Crippen LogP) is 4.39. The highest BCUT2D eigenvalue weighted by Crippen LogP contribution is 2.20. The zero-order valence-electron chi connectivity index (χ0n) is 15.0. The number of carbonyl (C=O) groups excluding carboxylic acids is 1. The predicted molar refractivity (Wildman–Crippen MR) is 104 cm³/mol. The van der Waals surface area contributed by atoms with Gasteiger partial charge in [0.1, 0.15) is 19.0 Å². The minimum absolute atomic E-state index is 0.0257. The van der Waals surface area contributed by atoms with Crippen LogP contribution in [0.5, 0.6) is 5.75 Å². The summed E-state index contributed by atoms with van der Waals surface area (Å²) in [6.45, 7) is 0.126. The lowest BCUT2D eigenvalue weighted by Crippen LogP contribution is -2.08. The fourth-order valence-corrected chi connectivity index (χ4v) is 3.07. The van der Waals surface area contributed by atoms with Crippen molar-refractivity contribution in [2.24, 2.45) is 0 Å². The van der Waals surface area contributed by atoms with Crippen molar-refractivity contribution in [1.29, 1.82) is 5.26 Å². The largest absolute Gasteiger partial charge is 0.489 e. The normalized spacial score (nSPS) is 10.6. The molecule has 0 saturated carbocycles. The molecule has 0 amide bonds. The third-order valence-electron chi connectivity index (χ3n) is 4.16. The van der Waals surface area contributed by atoms with E-state index in [1.165, 1.54) is 6.26 Å². The van der Waals surface area contributed by atoms with Crippen LogP contribution in [-0.4, -0.2) is 15.4 Å². The monoisotopic (exact) mass is 407 g/mol. The van der Waals surface area contributed by atoms with Gasteiger partial charge in [-0.1, -0.05) is 17.7 Å². The van der Waals surface area contributed by atoms with Crippen molar-refractivity contribution in [2.75, 3.05) is 0 Å². The highest BCUT2D eigenvalue weighted by Gasteiger charge is 2.18. The molecule has 0 bridgehead atoms. The first-order chi connectivity index (χ1) is 14.1. The van der Waals surface area contributed by atoms with Crippen LogP contribution >= 0.6 is 11.6 Å². The minimum atomic E-state index is -0.610. The van der Waals surface area contributed by atoms with E-state index in [1.54, 1.807) is 59.4 Å². The van der Waals surface area contributed by atoms with E-state index in [0.29, 0.717) is 33.1 Å². The van der Waals surface area contributed by atoms with Crippen LogP contribution in [0.1, 0.15) is 27.2 Å². The molecule has 8 heteroatoms. The molecule has 0 spiro atoms. The highest BCUT2D eigenvalue weighted by atomic mass is 35.5. The second-order valence-electron chi connectivity index (χ2n) is 6.13. The molecule has 0 fully saturated rings. The molecule has 0 N–H and O–H groups in total. The molecule has 0 unspecified atom stereocenters. The Morgan fingerprint density at radius 3 is 3.03 bits per heavy atom. The molecule has 3 aromatic heterocycles. The number of nitrogens with zero attached hydrogens (tertiary/aromatic N) is 3. The average Bonchev–Trinajstić information content (AvgIpc) is 3.40. The van der Waals surface area contributed by atoms with Gasteiger partial charge in [0.2, 0.25) is 5.76 Å². The smallest absolute Gasteiger partial charge is 0.374 e. The molecule has 29 heavy (non-hydrogen) atoms. The molecule has 4 rings (SSSR count). The first-order valence-electron chi connectivity index (χ1n) is 8.61. The van der Waals surface area contributed by atoms with Crippen molar-refractivity contribution < 1.29 is 18.7 Å². The Bertz CT molecular complexity index is 1220. The maximum absolute atomic E-state index is 12.4. The van der Waals surface area contributed by atoms with Gasteiger partial charge in [0, 0.05) is 29.7 Å². The van der Waals surface area contributed by atoms with Crippen molar-refractivity contribution in [3.8, 4) is 11.8 Å². The number of furan rings is 1. The van der Waals surface area contributed by atoms with Crippen molar-refractivity contribution in [1.82, 2.24) is 9.38 Å². The van der Waals surface area contributed by atoms with Gasteiger partial charge in [-0.25, -0.2) is 9.78 Å². The zero-order valence-corrected chi connectivity index (χ0v) is 15.8. The first-order valence-corrected chi connectivity index (χ1v) is 8.99. The third-order valence-corrected chi connectivity index (χ3v) is 4.44. The standard InChI is InChI=1S/C21H14ClN3O4/c22-18-9-15(11-25-6-5-24-20(18)25)12-29-21(26)19-16(4-7-27-19)13-28-17-3-1-2-14(8-17)10-23/h1-9,11H,12-13H2. The third kappa shape index (κ3) is 4.08. The van der Waals surface area contributed by atoms with Gasteiger partial charge in [-0.3, -0.25) is 0 Å². The molecule has 4 aromatic rings. The summed E-state index contributed by atoms with van der Waals surface area (Å²) in [5.41, 5.74) is 2.38. The maximum atomic E-state index is 12.4. The van der Waals surface area contributed by atoms with E-state index in [0.717, 1.165) is 0 Å². The fourth-order valence-electron chi connectivity index (χ4n) is 2.78. The molecule has 7 nitrogen and oxygen atoms in total. The van der Waals surface area contributed by atoms with Crippen LogP contribution in [0.3, 0.4) is 0 Å². The van der Waals surface area contributed by atoms with Crippen molar-refractivity contribution in [3.05, 3.63) is 88.7 Å². The second-order valence-corrected chi connectivity index (χ2v) is 6.54. The number of hydrogen-bond acceptors (Lipinski definition) is 6. The number of halogens is 1. The van der Waals surface area contributed by atoms with Crippen LogP contribution in [0.4, 0.5) is 0 Å². The van der Waals surface area contributed by atoms with Crippen molar-refractivity contribution >= 4 is 23.2 Å². The lowest BCUT2D eigenvalue weighted by molar-refractivity contribution is 0.0432. The second kappa shape index (κ2) is 8.09. The van der Waals surface area contributed by atoms with E-state index in [2.05, 4.69) is 4.98 Å². The van der Waals surface area contributed by atoms with Crippen LogP contribution in [0.25, 0.3) is 5.65 Å². The number of imidazole rings is 1. The lowest BCUT2D eigenvalue weighted by atomic mass is 10.2. The zero-order chi connectivity index (χ0) is 20.2. The number of ether oxygens (including phenoxy) is 2. The molecule has 3 heterocycles. The first kappa shape index (κ1) is 18.6. The Morgan fingerprint density at radius 1 is 1.28 bits per heavy atom. The summed E-state index contributed by atoms with van der Waals surface area (Å²) in [5, 5.41) is 9.42. The summed E-state index contributed by atoms with van der Waals surface area (Å²) >= 11 is 6.19. The molecular weight excluding hydrogens is 394 g/mol. The van der Waals surface area contributed by atoms with Crippen LogP contribution in [0, 0.1) is 11.3 Å². The molecule has 1 aromatic carbocycles. The number of aromatic nitrogens is 2. The Balaban J connectivity index is 1.41. The van der Waals surface area contributed by atoms with Gasteiger partial charge in [-0.2, -0.15) is 5.26 Å². The molecule has 144 valence electrons. The average molecular weight is 408 g/mol. The van der Waals surface area contributed by atoms with E-state index in [9.17, 15) is 4.79 Å². The molecule has 0 aliphatic rings. The molecule has 0 aliphatic heterocycles. The SMILES string of the molecule is N#Cc1cccc(OCc2ccoc2C(=O)OCc2cc(Cl)c3nccn3c2)c1. The van der Waals surface area contributed by atoms with E-state index in [1.807, 2.05) is 6.07 Å². The maximum Gasteiger partial charge on any atom is 0.374 e. The number of esters is 1. The summed E-state index contributed by atoms with van der Waals surface area (Å²) in [5.74, 6) is -0.0229. The number of fused-ring (bicyclic) bond motifs is 1. The Kier molecular flexibility index (Phi) is 5.18. The van der Waals surface area contributed by atoms with Crippen LogP contribution in [-0.2, 0) is 18.0 Å². The molecule has 0 radical (unpaired) electrons. The van der Waals surface area contributed by atoms with Gasteiger partial charge in [-0.15, -0.1) is 0 Å². The minimum Gasteiger partial charge on any atom is -0.489 e. The summed E-state index contributed by atoms with van der Waals surface area (Å²) in [7, 11) is 0. The van der Waals surface area contributed by atoms with E-state index in [-0.39, 0.29) is 19.0 Å². The van der Waals surface area contributed by atoms with Crippen LogP contribution in [0.2, 0.25) is 5.02 Å². The number of benzene rings is 1. The molecule has 0 atom stereocenters. The number of pyridine rings is 1. The lowest BCUT2D eigenvalue weighted by Gasteiger charge is -2.08. The van der Waals surface area contributed by atoms with Crippen molar-refractivity contribution in [2.45, 2.75) is 13.2 Å². The Labute approximate surface area is 170 Å².